The van der Waals surface area contributed by atoms with E-state index < -0.39 is 0 Å². The summed E-state index contributed by atoms with van der Waals surface area (Å²) in [6.45, 7) is 5.41. The number of carbonyl (C=O) groups is 2. The van der Waals surface area contributed by atoms with Gasteiger partial charge in [-0.2, -0.15) is 0 Å². The Balaban J connectivity index is 1.94. The molecule has 3 N–H and O–H groups in total. The summed E-state index contributed by atoms with van der Waals surface area (Å²) in [6.07, 6.45) is 0.0210. The second-order valence-corrected chi connectivity index (χ2v) is 5.83. The van der Waals surface area contributed by atoms with Crippen LogP contribution in [0.5, 0.6) is 5.75 Å². The van der Waals surface area contributed by atoms with Crippen molar-refractivity contribution in [2.75, 3.05) is 22.5 Å². The molecule has 0 aliphatic heterocycles. The number of para-hydroxylation sites is 2. The van der Waals surface area contributed by atoms with Gasteiger partial charge in [-0.3, -0.25) is 9.59 Å². The van der Waals surface area contributed by atoms with E-state index in [0.717, 1.165) is 5.69 Å². The van der Waals surface area contributed by atoms with Crippen LogP contribution in [-0.2, 0) is 9.59 Å². The highest BCUT2D eigenvalue weighted by Gasteiger charge is 2.09. The van der Waals surface area contributed by atoms with Gasteiger partial charge >= 0.3 is 0 Å². The molecule has 0 bridgehead atoms. The van der Waals surface area contributed by atoms with Crippen molar-refractivity contribution in [2.45, 2.75) is 26.9 Å². The van der Waals surface area contributed by atoms with Crippen molar-refractivity contribution in [3.8, 4) is 5.75 Å². The lowest BCUT2D eigenvalue weighted by molar-refractivity contribution is -0.115. The molecule has 2 amide bonds. The Labute approximate surface area is 147 Å². The van der Waals surface area contributed by atoms with Crippen LogP contribution in [0, 0.1) is 0 Å². The van der Waals surface area contributed by atoms with Crippen LogP contribution >= 0.6 is 0 Å². The maximum atomic E-state index is 12.2. The fourth-order valence-corrected chi connectivity index (χ4v) is 2.21. The first-order chi connectivity index (χ1) is 11.9. The van der Waals surface area contributed by atoms with E-state index in [9.17, 15) is 9.59 Å². The monoisotopic (exact) mass is 341 g/mol. The van der Waals surface area contributed by atoms with Gasteiger partial charge in [0.1, 0.15) is 5.75 Å². The maximum absolute atomic E-state index is 12.2. The summed E-state index contributed by atoms with van der Waals surface area (Å²) in [5, 5.41) is 8.57. The largest absolute Gasteiger partial charge is 0.489 e. The first kappa shape index (κ1) is 18.3. The van der Waals surface area contributed by atoms with Gasteiger partial charge in [-0.1, -0.05) is 18.2 Å². The van der Waals surface area contributed by atoms with E-state index in [4.69, 9.17) is 4.74 Å². The number of carbonyl (C=O) groups excluding carboxylic acids is 2. The zero-order chi connectivity index (χ0) is 18.2. The Bertz CT molecular complexity index is 744. The van der Waals surface area contributed by atoms with E-state index in [-0.39, 0.29) is 24.5 Å². The molecule has 0 unspecified atom stereocenters. The van der Waals surface area contributed by atoms with Crippen molar-refractivity contribution >= 4 is 28.9 Å². The maximum Gasteiger partial charge on any atom is 0.243 e. The second-order valence-electron chi connectivity index (χ2n) is 5.83. The van der Waals surface area contributed by atoms with Gasteiger partial charge < -0.3 is 20.7 Å². The van der Waals surface area contributed by atoms with Crippen LogP contribution in [0.2, 0.25) is 0 Å². The number of ether oxygens (including phenoxy) is 1. The summed E-state index contributed by atoms with van der Waals surface area (Å²) in [4.78, 5) is 23.3. The highest BCUT2D eigenvalue weighted by molar-refractivity contribution is 5.95. The molecule has 0 spiro atoms. The molecule has 0 aliphatic rings. The van der Waals surface area contributed by atoms with Gasteiger partial charge in [-0.15, -0.1) is 0 Å². The Morgan fingerprint density at radius 3 is 2.44 bits per heavy atom. The third-order valence-corrected chi connectivity index (χ3v) is 3.16. The molecular formula is C19H23N3O3. The number of hydrogen-bond donors (Lipinski definition) is 3. The minimum absolute atomic E-state index is 0.0210. The van der Waals surface area contributed by atoms with Gasteiger partial charge in [0.2, 0.25) is 11.8 Å². The van der Waals surface area contributed by atoms with Crippen molar-refractivity contribution in [1.82, 2.24) is 0 Å². The molecule has 0 saturated carbocycles. The van der Waals surface area contributed by atoms with E-state index in [1.807, 2.05) is 38.1 Å². The SMILES string of the molecule is CC(=O)Nc1cccc(NCC(=O)Nc2ccccc2OC(C)C)c1. The molecule has 2 aromatic rings. The molecule has 0 aromatic heterocycles. The number of amides is 2. The van der Waals surface area contributed by atoms with Crippen molar-refractivity contribution in [3.05, 3.63) is 48.5 Å². The zero-order valence-corrected chi connectivity index (χ0v) is 14.6. The summed E-state index contributed by atoms with van der Waals surface area (Å²) in [5.74, 6) is 0.305. The molecule has 2 aromatic carbocycles. The zero-order valence-electron chi connectivity index (χ0n) is 14.6. The lowest BCUT2D eigenvalue weighted by atomic mass is 10.2. The molecular weight excluding hydrogens is 318 g/mol. The van der Waals surface area contributed by atoms with Gasteiger partial charge in [0, 0.05) is 18.3 Å². The van der Waals surface area contributed by atoms with Crippen molar-refractivity contribution in [1.29, 1.82) is 0 Å². The van der Waals surface area contributed by atoms with Crippen molar-refractivity contribution in [2.24, 2.45) is 0 Å². The molecule has 132 valence electrons. The Hall–Kier alpha value is -3.02. The normalized spacial score (nSPS) is 10.2. The molecule has 25 heavy (non-hydrogen) atoms. The minimum atomic E-state index is -0.190. The Kier molecular flexibility index (Phi) is 6.39. The number of rotatable bonds is 7. The van der Waals surface area contributed by atoms with Gasteiger partial charge in [0.05, 0.1) is 18.3 Å². The van der Waals surface area contributed by atoms with Gasteiger partial charge in [-0.25, -0.2) is 0 Å². The summed E-state index contributed by atoms with van der Waals surface area (Å²) in [5.41, 5.74) is 2.05. The quantitative estimate of drug-likeness (QED) is 0.720. The van der Waals surface area contributed by atoms with E-state index in [2.05, 4.69) is 16.0 Å². The highest BCUT2D eigenvalue weighted by Crippen LogP contribution is 2.24. The van der Waals surface area contributed by atoms with Crippen molar-refractivity contribution < 1.29 is 14.3 Å². The Morgan fingerprint density at radius 1 is 1.00 bits per heavy atom. The number of anilines is 3. The molecule has 0 radical (unpaired) electrons. The molecule has 0 atom stereocenters. The van der Waals surface area contributed by atoms with Gasteiger partial charge in [0.15, 0.2) is 0 Å². The van der Waals surface area contributed by atoms with Crippen LogP contribution in [0.25, 0.3) is 0 Å². The number of nitrogens with one attached hydrogen (secondary N) is 3. The second kappa shape index (κ2) is 8.73. The smallest absolute Gasteiger partial charge is 0.243 e. The number of benzene rings is 2. The highest BCUT2D eigenvalue weighted by atomic mass is 16.5. The fourth-order valence-electron chi connectivity index (χ4n) is 2.21. The van der Waals surface area contributed by atoms with Crippen LogP contribution in [-0.4, -0.2) is 24.5 Å². The third-order valence-electron chi connectivity index (χ3n) is 3.16. The average Bonchev–Trinajstić information content (AvgIpc) is 2.54. The number of hydrogen-bond acceptors (Lipinski definition) is 4. The topological polar surface area (TPSA) is 79.5 Å². The molecule has 0 heterocycles. The lowest BCUT2D eigenvalue weighted by Gasteiger charge is -2.15. The lowest BCUT2D eigenvalue weighted by Crippen LogP contribution is -2.22. The van der Waals surface area contributed by atoms with E-state index in [0.29, 0.717) is 17.1 Å². The van der Waals surface area contributed by atoms with Crippen LogP contribution in [0.15, 0.2) is 48.5 Å². The molecule has 6 nitrogen and oxygen atoms in total. The van der Waals surface area contributed by atoms with Crippen LogP contribution < -0.4 is 20.7 Å². The predicted octanol–water partition coefficient (Wildman–Crippen LogP) is 3.48. The molecule has 0 fully saturated rings. The molecule has 0 aliphatic carbocycles. The third kappa shape index (κ3) is 6.18. The summed E-state index contributed by atoms with van der Waals surface area (Å²) in [7, 11) is 0. The van der Waals surface area contributed by atoms with Crippen LogP contribution in [0.4, 0.5) is 17.1 Å². The van der Waals surface area contributed by atoms with E-state index in [1.54, 1.807) is 24.3 Å². The van der Waals surface area contributed by atoms with Gasteiger partial charge in [-0.05, 0) is 44.2 Å². The standard InChI is InChI=1S/C19H23N3O3/c1-13(2)25-18-10-5-4-9-17(18)22-19(24)12-20-15-7-6-8-16(11-15)21-14(3)23/h4-11,13,20H,12H2,1-3H3,(H,21,23)(H,22,24). The first-order valence-corrected chi connectivity index (χ1v) is 8.11. The van der Waals surface area contributed by atoms with E-state index in [1.165, 1.54) is 6.92 Å². The Morgan fingerprint density at radius 2 is 1.72 bits per heavy atom. The molecule has 6 heteroatoms. The summed E-state index contributed by atoms with van der Waals surface area (Å²) >= 11 is 0. The molecule has 0 saturated heterocycles. The van der Waals surface area contributed by atoms with Crippen molar-refractivity contribution in [3.63, 3.8) is 0 Å². The van der Waals surface area contributed by atoms with E-state index >= 15 is 0 Å². The van der Waals surface area contributed by atoms with Crippen LogP contribution in [0.1, 0.15) is 20.8 Å². The predicted molar refractivity (Wildman–Crippen MR) is 100 cm³/mol. The average molecular weight is 341 g/mol. The first-order valence-electron chi connectivity index (χ1n) is 8.11. The fraction of sp³-hybridized carbons (Fsp3) is 0.263. The summed E-state index contributed by atoms with van der Waals surface area (Å²) in [6, 6.07) is 14.5. The summed E-state index contributed by atoms with van der Waals surface area (Å²) < 4.78 is 5.69. The van der Waals surface area contributed by atoms with Gasteiger partial charge in [0.25, 0.3) is 0 Å². The minimum Gasteiger partial charge on any atom is -0.489 e. The molecule has 2 rings (SSSR count). The van der Waals surface area contributed by atoms with Crippen LogP contribution in [0.3, 0.4) is 0 Å².